The number of ketones is 1. The molecule has 9 nitrogen and oxygen atoms in total. The zero-order valence-corrected chi connectivity index (χ0v) is 14.3. The molecule has 2 rings (SSSR count). The maximum Gasteiger partial charge on any atom is 0.303 e. The molecular weight excluding hydrogens is 366 g/mol. The van der Waals surface area contributed by atoms with Crippen LogP contribution in [0.1, 0.15) is 13.8 Å². The average molecular weight is 380 g/mol. The molecule has 1 saturated heterocycles. The van der Waals surface area contributed by atoms with Crippen LogP contribution in [0.5, 0.6) is 0 Å². The molecule has 24 heavy (non-hydrogen) atoms. The number of hydrogen-bond acceptors (Lipinski definition) is 8. The molecule has 0 radical (unpaired) electrons. The van der Waals surface area contributed by atoms with Crippen LogP contribution in [0.4, 0.5) is 0 Å². The van der Waals surface area contributed by atoms with E-state index in [9.17, 15) is 27.6 Å². The van der Waals surface area contributed by atoms with Gasteiger partial charge in [0, 0.05) is 19.4 Å². The van der Waals surface area contributed by atoms with E-state index < -0.39 is 63.2 Å². The van der Waals surface area contributed by atoms with Gasteiger partial charge in [0.2, 0.25) is 11.7 Å². The molecule has 2 aliphatic heterocycles. The quantitative estimate of drug-likeness (QED) is 0.343. The molecule has 0 aromatic carbocycles. The van der Waals surface area contributed by atoms with Crippen LogP contribution >= 0.6 is 11.6 Å². The van der Waals surface area contributed by atoms with Gasteiger partial charge in [-0.3, -0.25) is 24.1 Å². The Kier molecular flexibility index (Phi) is 5.00. The molecule has 0 saturated carbocycles. The molecule has 132 valence electrons. The Morgan fingerprint density at radius 2 is 1.79 bits per heavy atom. The third-order valence-corrected chi connectivity index (χ3v) is 5.96. The van der Waals surface area contributed by atoms with Crippen molar-refractivity contribution >= 4 is 45.1 Å². The highest BCUT2D eigenvalue weighted by molar-refractivity contribution is 7.92. The number of rotatable bonds is 5. The number of nitrogens with zero attached hydrogens (tertiary/aromatic N) is 1. The number of sulfone groups is 1. The van der Waals surface area contributed by atoms with E-state index in [2.05, 4.69) is 4.74 Å². The van der Waals surface area contributed by atoms with Crippen LogP contribution < -0.4 is 0 Å². The van der Waals surface area contributed by atoms with Crippen molar-refractivity contribution in [1.29, 1.82) is 0 Å². The molecule has 1 amide bonds. The summed E-state index contributed by atoms with van der Waals surface area (Å²) in [5.74, 6) is -3.51. The zero-order chi connectivity index (χ0) is 18.2. The van der Waals surface area contributed by atoms with Gasteiger partial charge in [-0.25, -0.2) is 8.42 Å². The maximum absolute atomic E-state index is 12.3. The first-order valence-electron chi connectivity index (χ1n) is 6.77. The lowest BCUT2D eigenvalue weighted by molar-refractivity contribution is -0.146. The van der Waals surface area contributed by atoms with Gasteiger partial charge in [-0.05, 0) is 0 Å². The number of ether oxygens (including phenoxy) is 2. The van der Waals surface area contributed by atoms with Crippen LogP contribution in [-0.4, -0.2) is 66.7 Å². The van der Waals surface area contributed by atoms with Gasteiger partial charge >= 0.3 is 11.9 Å². The SMILES string of the molecule is CC(=O)OCC(=O)C1=C(COC(C)=O)CS(=O)(=O)[C@H]2[C@@H](Cl)C(=O)N12. The molecule has 0 aromatic heterocycles. The third-order valence-electron chi connectivity index (χ3n) is 3.42. The first-order chi connectivity index (χ1) is 11.1. The summed E-state index contributed by atoms with van der Waals surface area (Å²) < 4.78 is 33.8. The summed E-state index contributed by atoms with van der Waals surface area (Å²) in [6.07, 6.45) is 0. The number of amides is 1. The normalized spacial score (nSPS) is 24.8. The first-order valence-corrected chi connectivity index (χ1v) is 8.92. The lowest BCUT2D eigenvalue weighted by Crippen LogP contribution is -2.68. The minimum absolute atomic E-state index is 0.0597. The second-order valence-electron chi connectivity index (χ2n) is 5.24. The fraction of sp³-hybridized carbons (Fsp3) is 0.538. The van der Waals surface area contributed by atoms with E-state index in [0.29, 0.717) is 0 Å². The predicted octanol–water partition coefficient (Wildman–Crippen LogP) is -0.860. The van der Waals surface area contributed by atoms with E-state index in [4.69, 9.17) is 16.3 Å². The Hall–Kier alpha value is -1.94. The molecule has 11 heteroatoms. The highest BCUT2D eigenvalue weighted by Gasteiger charge is 2.59. The van der Waals surface area contributed by atoms with E-state index in [-0.39, 0.29) is 11.3 Å². The van der Waals surface area contributed by atoms with Crippen molar-refractivity contribution in [2.24, 2.45) is 0 Å². The summed E-state index contributed by atoms with van der Waals surface area (Å²) in [5, 5.41) is -2.65. The number of carbonyl (C=O) groups excluding carboxylic acids is 4. The number of hydrogen-bond donors (Lipinski definition) is 0. The third kappa shape index (κ3) is 3.29. The lowest BCUT2D eigenvalue weighted by atomic mass is 10.0. The molecule has 1 fully saturated rings. The summed E-state index contributed by atoms with van der Waals surface area (Å²) in [6, 6.07) is 0. The van der Waals surface area contributed by atoms with E-state index in [0.717, 1.165) is 18.7 Å². The number of halogens is 1. The molecule has 2 atom stereocenters. The van der Waals surface area contributed by atoms with Crippen LogP contribution in [0.2, 0.25) is 0 Å². The van der Waals surface area contributed by atoms with Crippen molar-refractivity contribution in [2.45, 2.75) is 24.6 Å². The largest absolute Gasteiger partial charge is 0.461 e. The van der Waals surface area contributed by atoms with Crippen molar-refractivity contribution in [3.05, 3.63) is 11.3 Å². The Bertz CT molecular complexity index is 756. The van der Waals surface area contributed by atoms with Crippen LogP contribution in [0.3, 0.4) is 0 Å². The number of alkyl halides is 1. The van der Waals surface area contributed by atoms with E-state index in [1.54, 1.807) is 0 Å². The van der Waals surface area contributed by atoms with Gasteiger partial charge in [-0.1, -0.05) is 0 Å². The molecule has 0 bridgehead atoms. The Morgan fingerprint density at radius 1 is 1.21 bits per heavy atom. The first kappa shape index (κ1) is 18.4. The Balaban J connectivity index is 2.42. The fourth-order valence-corrected chi connectivity index (χ4v) is 5.02. The number of esters is 2. The monoisotopic (exact) mass is 379 g/mol. The Labute approximate surface area is 142 Å². The maximum atomic E-state index is 12.3. The fourth-order valence-electron chi connectivity index (χ4n) is 2.44. The minimum atomic E-state index is -3.84. The van der Waals surface area contributed by atoms with Crippen molar-refractivity contribution in [1.82, 2.24) is 4.90 Å². The van der Waals surface area contributed by atoms with Gasteiger partial charge in [-0.2, -0.15) is 0 Å². The average Bonchev–Trinajstić information content (AvgIpc) is 2.48. The summed E-state index contributed by atoms with van der Waals surface area (Å²) >= 11 is 5.76. The standard InChI is InChI=1S/C13H14ClNO8S/c1-6(16)22-3-8-5-24(20,21)13-10(14)12(19)15(13)11(8)9(18)4-23-7(2)17/h10,13H,3-5H2,1-2H3/t10-,13-/m0/s1. The molecule has 0 spiro atoms. The van der Waals surface area contributed by atoms with E-state index in [1.165, 1.54) is 0 Å². The van der Waals surface area contributed by atoms with E-state index in [1.807, 2.05) is 0 Å². The van der Waals surface area contributed by atoms with Crippen molar-refractivity contribution < 1.29 is 37.1 Å². The molecule has 2 heterocycles. The van der Waals surface area contributed by atoms with Gasteiger partial charge in [0.1, 0.15) is 12.0 Å². The number of carbonyl (C=O) groups is 4. The summed E-state index contributed by atoms with van der Waals surface area (Å²) in [6.45, 7) is 1.07. The van der Waals surface area contributed by atoms with Gasteiger partial charge < -0.3 is 9.47 Å². The number of β-lactam (4-membered cyclic amide) rings is 1. The Morgan fingerprint density at radius 3 is 2.33 bits per heavy atom. The highest BCUT2D eigenvalue weighted by atomic mass is 35.5. The van der Waals surface area contributed by atoms with Gasteiger partial charge in [-0.15, -0.1) is 11.6 Å². The minimum Gasteiger partial charge on any atom is -0.461 e. The van der Waals surface area contributed by atoms with Gasteiger partial charge in [0.15, 0.2) is 21.8 Å². The smallest absolute Gasteiger partial charge is 0.303 e. The molecule has 0 aliphatic carbocycles. The molecule has 2 aliphatic rings. The van der Waals surface area contributed by atoms with Crippen molar-refractivity contribution in [3.8, 4) is 0 Å². The molecule has 0 unspecified atom stereocenters. The molecule has 0 N–H and O–H groups in total. The van der Waals surface area contributed by atoms with Gasteiger partial charge in [0.05, 0.1) is 11.4 Å². The summed E-state index contributed by atoms with van der Waals surface area (Å²) in [7, 11) is -3.84. The second-order valence-corrected chi connectivity index (χ2v) is 7.81. The van der Waals surface area contributed by atoms with Crippen LogP contribution in [0.15, 0.2) is 11.3 Å². The topological polar surface area (TPSA) is 124 Å². The van der Waals surface area contributed by atoms with Crippen LogP contribution in [0.25, 0.3) is 0 Å². The lowest BCUT2D eigenvalue weighted by Gasteiger charge is -2.47. The van der Waals surface area contributed by atoms with Crippen LogP contribution in [0, 0.1) is 0 Å². The zero-order valence-electron chi connectivity index (χ0n) is 12.8. The second kappa shape index (κ2) is 6.52. The molecular formula is C13H14ClNO8S. The molecule has 0 aromatic rings. The summed E-state index contributed by atoms with van der Waals surface area (Å²) in [5.41, 5.74) is -0.310. The predicted molar refractivity (Wildman–Crippen MR) is 79.4 cm³/mol. The van der Waals surface area contributed by atoms with E-state index >= 15 is 0 Å². The summed E-state index contributed by atoms with van der Waals surface area (Å²) in [4.78, 5) is 46.8. The van der Waals surface area contributed by atoms with Crippen LogP contribution in [-0.2, 0) is 38.5 Å². The van der Waals surface area contributed by atoms with Gasteiger partial charge in [0.25, 0.3) is 0 Å². The van der Waals surface area contributed by atoms with Crippen molar-refractivity contribution in [2.75, 3.05) is 19.0 Å². The number of fused-ring (bicyclic) bond motifs is 1. The highest BCUT2D eigenvalue weighted by Crippen LogP contribution is 2.39. The number of Topliss-reactive ketones (excluding diaryl/α,β-unsaturated/α-hetero) is 1. The van der Waals surface area contributed by atoms with Crippen molar-refractivity contribution in [3.63, 3.8) is 0 Å².